The summed E-state index contributed by atoms with van der Waals surface area (Å²) in [4.78, 5) is 45.4. The van der Waals surface area contributed by atoms with Gasteiger partial charge in [-0.2, -0.15) is 0 Å². The number of ether oxygens (including phenoxy) is 2. The average molecular weight is 561 g/mol. The van der Waals surface area contributed by atoms with Gasteiger partial charge in [0.15, 0.2) is 5.13 Å². The average Bonchev–Trinajstić information content (AvgIpc) is 3.48. The molecule has 2 heterocycles. The maximum absolute atomic E-state index is 13.5. The molecule has 0 saturated carbocycles. The Morgan fingerprint density at radius 2 is 1.82 bits per heavy atom. The molecule has 1 saturated heterocycles. The molecule has 1 fully saturated rings. The summed E-state index contributed by atoms with van der Waals surface area (Å²) in [6.45, 7) is 9.90. The van der Waals surface area contributed by atoms with Crippen LogP contribution in [0.4, 0.5) is 5.13 Å². The summed E-state index contributed by atoms with van der Waals surface area (Å²) in [7, 11) is 0. The zero-order chi connectivity index (χ0) is 28.8. The molecule has 40 heavy (non-hydrogen) atoms. The zero-order valence-electron chi connectivity index (χ0n) is 22.8. The highest BCUT2D eigenvalue weighted by Gasteiger charge is 2.48. The van der Waals surface area contributed by atoms with Crippen molar-refractivity contribution in [2.75, 3.05) is 18.1 Å². The number of aliphatic hydroxyl groups excluding tert-OH is 1. The third-order valence-electron chi connectivity index (χ3n) is 6.55. The number of rotatable bonds is 11. The Kier molecular flexibility index (Phi) is 9.16. The lowest BCUT2D eigenvalue weighted by molar-refractivity contribution is -0.132. The number of Topliss-reactive ketones (excluding diaryl/α,β-unsaturated/α-hetero) is 1. The number of amides is 1. The third-order valence-corrected chi connectivity index (χ3v) is 7.69. The van der Waals surface area contributed by atoms with E-state index >= 15 is 0 Å². The summed E-state index contributed by atoms with van der Waals surface area (Å²) in [5.74, 6) is -1.93. The first-order chi connectivity index (χ1) is 19.3. The number of benzene rings is 2. The molecule has 1 aromatic heterocycles. The number of carbonyl (C=O) groups excluding carboxylic acids is 3. The van der Waals surface area contributed by atoms with Gasteiger partial charge in [0.2, 0.25) is 0 Å². The van der Waals surface area contributed by atoms with Crippen LogP contribution in [0.3, 0.4) is 0 Å². The van der Waals surface area contributed by atoms with Crippen LogP contribution in [0, 0.1) is 6.92 Å². The van der Waals surface area contributed by atoms with Gasteiger partial charge in [-0.05, 0) is 55.2 Å². The van der Waals surface area contributed by atoms with Crippen molar-refractivity contribution in [3.63, 3.8) is 0 Å². The number of anilines is 1. The molecule has 0 aliphatic carbocycles. The fourth-order valence-electron chi connectivity index (χ4n) is 4.35. The van der Waals surface area contributed by atoms with E-state index in [1.54, 1.807) is 31.2 Å². The molecule has 1 aliphatic heterocycles. The normalized spacial score (nSPS) is 16.3. The van der Waals surface area contributed by atoms with E-state index < -0.39 is 23.7 Å². The van der Waals surface area contributed by atoms with Gasteiger partial charge in [-0.1, -0.05) is 68.5 Å². The van der Waals surface area contributed by atoms with Crippen LogP contribution in [-0.4, -0.2) is 41.0 Å². The number of nitrogens with zero attached hydrogens (tertiary/aromatic N) is 2. The first kappa shape index (κ1) is 28.8. The maximum atomic E-state index is 13.5. The highest BCUT2D eigenvalue weighted by Crippen LogP contribution is 2.44. The number of aromatic nitrogens is 1. The molecule has 4 rings (SSSR count). The van der Waals surface area contributed by atoms with Crippen LogP contribution in [0.25, 0.3) is 5.76 Å². The van der Waals surface area contributed by atoms with Crippen molar-refractivity contribution < 1.29 is 29.0 Å². The van der Waals surface area contributed by atoms with Crippen LogP contribution in [0.2, 0.25) is 0 Å². The summed E-state index contributed by atoms with van der Waals surface area (Å²) in [6.07, 6.45) is 4.20. The number of hydrogen-bond donors (Lipinski definition) is 1. The number of aliphatic hydroxyl groups is 1. The van der Waals surface area contributed by atoms with Gasteiger partial charge in [-0.3, -0.25) is 14.5 Å². The highest BCUT2D eigenvalue weighted by molar-refractivity contribution is 7.17. The van der Waals surface area contributed by atoms with Crippen molar-refractivity contribution in [1.29, 1.82) is 0 Å². The fourth-order valence-corrected chi connectivity index (χ4v) is 5.34. The second kappa shape index (κ2) is 12.7. The van der Waals surface area contributed by atoms with Crippen LogP contribution in [0.5, 0.6) is 5.75 Å². The van der Waals surface area contributed by atoms with Crippen molar-refractivity contribution in [2.24, 2.45) is 0 Å². The molecule has 2 aromatic carbocycles. The first-order valence-electron chi connectivity index (χ1n) is 13.2. The zero-order valence-corrected chi connectivity index (χ0v) is 23.6. The van der Waals surface area contributed by atoms with Gasteiger partial charge in [0.25, 0.3) is 5.78 Å². The smallest absolute Gasteiger partial charge is 0.350 e. The van der Waals surface area contributed by atoms with E-state index in [1.807, 2.05) is 31.2 Å². The van der Waals surface area contributed by atoms with Gasteiger partial charge >= 0.3 is 11.9 Å². The Hall–Kier alpha value is -4.24. The number of unbranched alkanes of at least 4 members (excludes halogenated alkanes) is 1. The molecule has 9 heteroatoms. The van der Waals surface area contributed by atoms with E-state index in [4.69, 9.17) is 9.47 Å². The van der Waals surface area contributed by atoms with E-state index in [0.717, 1.165) is 36.2 Å². The lowest BCUT2D eigenvalue weighted by atomic mass is 9.94. The predicted octanol–water partition coefficient (Wildman–Crippen LogP) is 6.16. The van der Waals surface area contributed by atoms with Crippen molar-refractivity contribution >= 4 is 39.9 Å². The Labute approximate surface area is 237 Å². The van der Waals surface area contributed by atoms with Gasteiger partial charge in [-0.15, -0.1) is 0 Å². The largest absolute Gasteiger partial charge is 0.507 e. The lowest BCUT2D eigenvalue weighted by Crippen LogP contribution is -2.29. The minimum atomic E-state index is -0.950. The van der Waals surface area contributed by atoms with Crippen LogP contribution >= 0.6 is 11.3 Å². The predicted molar refractivity (Wildman–Crippen MR) is 155 cm³/mol. The highest BCUT2D eigenvalue weighted by atomic mass is 32.1. The molecular formula is C31H32N2O6S. The number of thiazole rings is 1. The standard InChI is InChI=1S/C31H32N2O6S/c1-5-8-18-38-23-15-13-22(14-16-23)26(34)24-25(21-11-9-20(7-3)10-12-21)33(29(36)27(24)35)31-32-19(4)28(40-31)30(37)39-17-6-2/h6,9-16,25,34H,2,5,7-8,17-18H2,1,3-4H3/t25-/m1/s1. The van der Waals surface area contributed by atoms with Crippen LogP contribution < -0.4 is 9.64 Å². The van der Waals surface area contributed by atoms with Crippen LogP contribution in [0.1, 0.15) is 64.8 Å². The first-order valence-corrected chi connectivity index (χ1v) is 14.0. The van der Waals surface area contributed by atoms with Crippen molar-refractivity contribution in [3.05, 3.63) is 94.0 Å². The monoisotopic (exact) mass is 560 g/mol. The number of ketones is 1. The number of hydrogen-bond acceptors (Lipinski definition) is 8. The van der Waals surface area contributed by atoms with Gasteiger partial charge in [0, 0.05) is 5.56 Å². The van der Waals surface area contributed by atoms with Crippen molar-refractivity contribution in [3.8, 4) is 5.75 Å². The van der Waals surface area contributed by atoms with Gasteiger partial charge in [-0.25, -0.2) is 9.78 Å². The van der Waals surface area contributed by atoms with E-state index in [2.05, 4.69) is 18.5 Å². The van der Waals surface area contributed by atoms with Crippen LogP contribution in [-0.2, 0) is 20.7 Å². The molecule has 208 valence electrons. The minimum absolute atomic E-state index is 0.0300. The van der Waals surface area contributed by atoms with Crippen LogP contribution in [0.15, 0.2) is 66.8 Å². The summed E-state index contributed by atoms with van der Waals surface area (Å²) < 4.78 is 10.9. The summed E-state index contributed by atoms with van der Waals surface area (Å²) in [5.41, 5.74) is 2.39. The number of aryl methyl sites for hydroxylation is 2. The van der Waals surface area contributed by atoms with Crippen molar-refractivity contribution in [2.45, 2.75) is 46.1 Å². The molecule has 0 bridgehead atoms. The fraction of sp³-hybridized carbons (Fsp3) is 0.290. The van der Waals surface area contributed by atoms with Gasteiger partial charge in [0.1, 0.15) is 23.0 Å². The lowest BCUT2D eigenvalue weighted by Gasteiger charge is -2.23. The molecule has 1 aliphatic rings. The van der Waals surface area contributed by atoms with E-state index in [1.165, 1.54) is 11.0 Å². The molecule has 0 radical (unpaired) electrons. The summed E-state index contributed by atoms with van der Waals surface area (Å²) >= 11 is 0.960. The molecule has 1 amide bonds. The summed E-state index contributed by atoms with van der Waals surface area (Å²) in [6, 6.07) is 13.3. The Morgan fingerprint density at radius 3 is 2.45 bits per heavy atom. The Balaban J connectivity index is 1.80. The van der Waals surface area contributed by atoms with E-state index in [9.17, 15) is 19.5 Å². The number of esters is 1. The molecule has 0 spiro atoms. The van der Waals surface area contributed by atoms with E-state index in [0.29, 0.717) is 29.2 Å². The van der Waals surface area contributed by atoms with Gasteiger partial charge < -0.3 is 14.6 Å². The second-order valence-electron chi connectivity index (χ2n) is 9.29. The van der Waals surface area contributed by atoms with E-state index in [-0.39, 0.29) is 27.9 Å². The van der Waals surface area contributed by atoms with Gasteiger partial charge in [0.05, 0.1) is 23.9 Å². The number of carbonyl (C=O) groups is 3. The maximum Gasteiger partial charge on any atom is 0.350 e. The molecule has 0 unspecified atom stereocenters. The van der Waals surface area contributed by atoms with Crippen molar-refractivity contribution in [1.82, 2.24) is 4.98 Å². The minimum Gasteiger partial charge on any atom is -0.507 e. The molecule has 1 atom stereocenters. The summed E-state index contributed by atoms with van der Waals surface area (Å²) in [5, 5.41) is 11.6. The third kappa shape index (κ3) is 5.84. The molecule has 3 aromatic rings. The topological polar surface area (TPSA) is 106 Å². The molecule has 1 N–H and O–H groups in total. The quantitative estimate of drug-likeness (QED) is 0.0747. The molecule has 8 nitrogen and oxygen atoms in total. The SMILES string of the molecule is C=CCOC(=O)c1sc(N2C(=O)C(=O)C(=C(O)c3ccc(OCCCC)cc3)[C@H]2c2ccc(CC)cc2)nc1C. The Morgan fingerprint density at radius 1 is 1.12 bits per heavy atom. The molecular weight excluding hydrogens is 528 g/mol. The second-order valence-corrected chi connectivity index (χ2v) is 10.3. The Bertz CT molecular complexity index is 1440.